The maximum absolute atomic E-state index is 6.08. The first-order chi connectivity index (χ1) is 12.2. The molecule has 0 aromatic carbocycles. The molecule has 0 amide bonds. The molecule has 0 atom stereocenters. The number of nitrogens with one attached hydrogen (secondary N) is 3. The van der Waals surface area contributed by atoms with Gasteiger partial charge in [0, 0.05) is 50.7 Å². The fraction of sp³-hybridized carbons (Fsp3) is 0.353. The monoisotopic (exact) mass is 508 g/mol. The van der Waals surface area contributed by atoms with Gasteiger partial charge in [-0.1, -0.05) is 29.3 Å². The lowest BCUT2D eigenvalue weighted by Crippen LogP contribution is -2.39. The first-order valence-electron chi connectivity index (χ1n) is 8.16. The summed E-state index contributed by atoms with van der Waals surface area (Å²) in [7, 11) is 0. The summed E-state index contributed by atoms with van der Waals surface area (Å²) in [4.78, 5) is 13.0. The maximum atomic E-state index is 6.08. The molecule has 26 heavy (non-hydrogen) atoms. The van der Waals surface area contributed by atoms with Crippen LogP contribution in [0.15, 0.2) is 41.7 Å². The van der Waals surface area contributed by atoms with Crippen molar-refractivity contribution in [2.75, 3.05) is 31.5 Å². The van der Waals surface area contributed by atoms with Gasteiger partial charge in [-0.05, 0) is 25.1 Å². The molecule has 0 spiro atoms. The lowest BCUT2D eigenvalue weighted by Gasteiger charge is -2.12. The van der Waals surface area contributed by atoms with E-state index >= 15 is 0 Å². The molecule has 0 aliphatic heterocycles. The molecule has 0 saturated heterocycles. The van der Waals surface area contributed by atoms with Gasteiger partial charge in [-0.25, -0.2) is 4.98 Å². The first kappa shape index (κ1) is 22.7. The van der Waals surface area contributed by atoms with Gasteiger partial charge in [-0.2, -0.15) is 0 Å². The number of halogens is 3. The molecule has 9 heteroatoms. The molecule has 2 aromatic heterocycles. The van der Waals surface area contributed by atoms with Crippen LogP contribution in [0.25, 0.3) is 0 Å². The van der Waals surface area contributed by atoms with Crippen molar-refractivity contribution in [3.05, 3.63) is 52.4 Å². The average molecular weight is 509 g/mol. The zero-order valence-electron chi connectivity index (χ0n) is 14.5. The van der Waals surface area contributed by atoms with Crippen molar-refractivity contribution in [3.63, 3.8) is 0 Å². The topological polar surface area (TPSA) is 74.2 Å². The minimum absolute atomic E-state index is 0. The molecule has 2 aromatic rings. The Morgan fingerprint density at radius 3 is 2.69 bits per heavy atom. The molecule has 0 fully saturated rings. The van der Waals surface area contributed by atoms with Crippen LogP contribution >= 0.6 is 47.2 Å². The van der Waals surface area contributed by atoms with Crippen LogP contribution in [-0.4, -0.2) is 42.1 Å². The van der Waals surface area contributed by atoms with Gasteiger partial charge in [0.15, 0.2) is 5.96 Å². The molecule has 0 unspecified atom stereocenters. The Morgan fingerprint density at radius 2 is 2.00 bits per heavy atom. The maximum Gasteiger partial charge on any atom is 0.191 e. The van der Waals surface area contributed by atoms with Crippen molar-refractivity contribution in [1.82, 2.24) is 20.6 Å². The lowest BCUT2D eigenvalue weighted by molar-refractivity contribution is 0.810. The fourth-order valence-electron chi connectivity index (χ4n) is 2.08. The van der Waals surface area contributed by atoms with E-state index in [1.165, 1.54) is 0 Å². The smallest absolute Gasteiger partial charge is 0.191 e. The Hall–Kier alpha value is -1.32. The number of hydrogen-bond acceptors (Lipinski definition) is 4. The Morgan fingerprint density at radius 1 is 1.15 bits per heavy atom. The van der Waals surface area contributed by atoms with Gasteiger partial charge in [0.2, 0.25) is 0 Å². The number of pyridine rings is 2. The van der Waals surface area contributed by atoms with Crippen molar-refractivity contribution in [2.24, 2.45) is 4.99 Å². The van der Waals surface area contributed by atoms with Gasteiger partial charge < -0.3 is 16.0 Å². The number of hydrogen-bond donors (Lipinski definition) is 3. The molecular formula is C17H23Cl2IN6. The number of anilines is 1. The third kappa shape index (κ3) is 8.37. The van der Waals surface area contributed by atoms with Crippen molar-refractivity contribution < 1.29 is 0 Å². The molecule has 3 N–H and O–H groups in total. The van der Waals surface area contributed by atoms with Crippen molar-refractivity contribution in [2.45, 2.75) is 13.3 Å². The Balaban J connectivity index is 0.00000338. The summed E-state index contributed by atoms with van der Waals surface area (Å²) >= 11 is 11.9. The minimum atomic E-state index is 0. The van der Waals surface area contributed by atoms with E-state index in [9.17, 15) is 0 Å². The number of aromatic nitrogens is 2. The number of nitrogens with zero attached hydrogens (tertiary/aromatic N) is 3. The zero-order valence-corrected chi connectivity index (χ0v) is 18.3. The summed E-state index contributed by atoms with van der Waals surface area (Å²) < 4.78 is 0. The van der Waals surface area contributed by atoms with Crippen LogP contribution in [0, 0.1) is 0 Å². The van der Waals surface area contributed by atoms with Gasteiger partial charge in [-0.3, -0.25) is 9.98 Å². The molecule has 0 aliphatic carbocycles. The van der Waals surface area contributed by atoms with Crippen LogP contribution in [0.1, 0.15) is 12.6 Å². The highest BCUT2D eigenvalue weighted by molar-refractivity contribution is 14.0. The summed E-state index contributed by atoms with van der Waals surface area (Å²) in [5.41, 5.74) is 1.03. The van der Waals surface area contributed by atoms with E-state index in [1.54, 1.807) is 18.5 Å². The predicted molar refractivity (Wildman–Crippen MR) is 120 cm³/mol. The third-order valence-corrected chi connectivity index (χ3v) is 3.72. The highest BCUT2D eigenvalue weighted by Crippen LogP contribution is 2.21. The molecular weight excluding hydrogens is 486 g/mol. The van der Waals surface area contributed by atoms with Gasteiger partial charge in [-0.15, -0.1) is 24.0 Å². The van der Waals surface area contributed by atoms with E-state index in [0.717, 1.165) is 24.6 Å². The lowest BCUT2D eigenvalue weighted by atomic mass is 10.3. The number of aliphatic imine (C=N–C) groups is 1. The number of guanidine groups is 1. The molecule has 0 radical (unpaired) electrons. The van der Waals surface area contributed by atoms with Crippen molar-refractivity contribution in [1.29, 1.82) is 0 Å². The van der Waals surface area contributed by atoms with Crippen LogP contribution in [0.3, 0.4) is 0 Å². The third-order valence-electron chi connectivity index (χ3n) is 3.23. The fourth-order valence-corrected chi connectivity index (χ4v) is 2.52. The van der Waals surface area contributed by atoms with E-state index < -0.39 is 0 Å². The van der Waals surface area contributed by atoms with Gasteiger partial charge in [0.05, 0.1) is 10.0 Å². The Kier molecular flexibility index (Phi) is 11.3. The zero-order chi connectivity index (χ0) is 17.9. The predicted octanol–water partition coefficient (Wildman–Crippen LogP) is 3.61. The standard InChI is InChI=1S/C17H22Cl2N6.HI/c1-2-20-17(23-8-6-14-5-3-4-7-21-14)24-10-9-22-16-15(19)11-13(18)12-25-16;/h3-5,7,11-12H,2,6,8-10H2,1H3,(H,22,25)(H2,20,23,24);1H. The van der Waals surface area contributed by atoms with Crippen LogP contribution in [0.5, 0.6) is 0 Å². The molecule has 2 rings (SSSR count). The van der Waals surface area contributed by atoms with Gasteiger partial charge in [0.25, 0.3) is 0 Å². The van der Waals surface area contributed by atoms with E-state index in [0.29, 0.717) is 35.5 Å². The van der Waals surface area contributed by atoms with E-state index in [4.69, 9.17) is 23.2 Å². The van der Waals surface area contributed by atoms with Crippen molar-refractivity contribution >= 4 is 59.0 Å². The summed E-state index contributed by atoms with van der Waals surface area (Å²) in [5, 5.41) is 10.7. The average Bonchev–Trinajstić information content (AvgIpc) is 2.61. The van der Waals surface area contributed by atoms with Crippen LogP contribution in [-0.2, 0) is 6.42 Å². The van der Waals surface area contributed by atoms with Gasteiger partial charge >= 0.3 is 0 Å². The van der Waals surface area contributed by atoms with Crippen LogP contribution in [0.4, 0.5) is 5.82 Å². The van der Waals surface area contributed by atoms with Crippen LogP contribution in [0.2, 0.25) is 10.0 Å². The summed E-state index contributed by atoms with van der Waals surface area (Å²) in [6, 6.07) is 7.56. The second-order valence-corrected chi connectivity index (χ2v) is 6.01. The molecule has 0 saturated carbocycles. The summed E-state index contributed by atoms with van der Waals surface area (Å²) in [6.07, 6.45) is 4.16. The summed E-state index contributed by atoms with van der Waals surface area (Å²) in [6.45, 7) is 4.83. The summed E-state index contributed by atoms with van der Waals surface area (Å²) in [5.74, 6) is 1.39. The Bertz CT molecular complexity index is 684. The van der Waals surface area contributed by atoms with Crippen LogP contribution < -0.4 is 16.0 Å². The first-order valence-corrected chi connectivity index (χ1v) is 8.91. The SMILES string of the molecule is CCNC(=NCCc1ccccn1)NCCNc1ncc(Cl)cc1Cl.I. The van der Waals surface area contributed by atoms with E-state index in [2.05, 4.69) is 30.9 Å². The molecule has 0 aliphatic rings. The molecule has 142 valence electrons. The quantitative estimate of drug-likeness (QED) is 0.220. The molecule has 0 bridgehead atoms. The highest BCUT2D eigenvalue weighted by atomic mass is 127. The molecule has 2 heterocycles. The van der Waals surface area contributed by atoms with Gasteiger partial charge in [0.1, 0.15) is 5.82 Å². The highest BCUT2D eigenvalue weighted by Gasteiger charge is 2.02. The normalized spacial score (nSPS) is 10.8. The van der Waals surface area contributed by atoms with E-state index in [1.807, 2.05) is 25.1 Å². The second-order valence-electron chi connectivity index (χ2n) is 5.17. The minimum Gasteiger partial charge on any atom is -0.367 e. The largest absolute Gasteiger partial charge is 0.367 e. The van der Waals surface area contributed by atoms with E-state index in [-0.39, 0.29) is 24.0 Å². The second kappa shape index (κ2) is 12.9. The molecule has 6 nitrogen and oxygen atoms in total. The number of rotatable bonds is 8. The van der Waals surface area contributed by atoms with Crippen molar-refractivity contribution in [3.8, 4) is 0 Å². The Labute approximate surface area is 181 Å².